The highest BCUT2D eigenvalue weighted by Gasteiger charge is 2.51. The Balaban J connectivity index is 1.25. The largest absolute Gasteiger partial charge is 0.598 e. The van der Waals surface area contributed by atoms with Gasteiger partial charge in [-0.05, 0) is 57.7 Å². The molecule has 1 fully saturated rings. The van der Waals surface area contributed by atoms with Gasteiger partial charge in [-0.3, -0.25) is 9.38 Å². The molecule has 6 rings (SSSR count). The monoisotopic (exact) mass is 582 g/mol. The summed E-state index contributed by atoms with van der Waals surface area (Å²) in [5.74, 6) is 1.16. The first-order valence-electron chi connectivity index (χ1n) is 12.9. The molecule has 1 spiro atoms. The number of aromatic nitrogens is 5. The Labute approximate surface area is 240 Å². The second kappa shape index (κ2) is 10.1. The van der Waals surface area contributed by atoms with Gasteiger partial charge in [0.2, 0.25) is 5.95 Å². The van der Waals surface area contributed by atoms with Gasteiger partial charge in [-0.1, -0.05) is 29.4 Å². The van der Waals surface area contributed by atoms with Gasteiger partial charge in [-0.2, -0.15) is 0 Å². The maximum atomic E-state index is 13.2. The smallest absolute Gasteiger partial charge is 0.211 e. The van der Waals surface area contributed by atoms with E-state index < -0.39 is 11.4 Å². The molecule has 2 aliphatic rings. The fraction of sp³-hybridized carbons (Fsp3) is 0.407. The van der Waals surface area contributed by atoms with E-state index in [1.54, 1.807) is 12.4 Å². The van der Waals surface area contributed by atoms with E-state index in [9.17, 15) is 4.55 Å². The van der Waals surface area contributed by atoms with E-state index in [4.69, 9.17) is 27.3 Å². The van der Waals surface area contributed by atoms with E-state index in [1.165, 1.54) is 17.3 Å². The maximum absolute atomic E-state index is 13.2. The molecule has 1 aliphatic carbocycles. The van der Waals surface area contributed by atoms with E-state index in [0.29, 0.717) is 10.8 Å². The van der Waals surface area contributed by atoms with Crippen LogP contribution in [0.1, 0.15) is 50.9 Å². The molecule has 39 heavy (non-hydrogen) atoms. The number of halogens is 1. The molecule has 9 nitrogen and oxygen atoms in total. The van der Waals surface area contributed by atoms with Crippen LogP contribution < -0.4 is 15.4 Å². The second-order valence-corrected chi connectivity index (χ2v) is 14.6. The highest BCUT2D eigenvalue weighted by Crippen LogP contribution is 2.52. The Morgan fingerprint density at radius 2 is 1.90 bits per heavy atom. The number of anilines is 2. The minimum Gasteiger partial charge on any atom is -0.598 e. The third-order valence-corrected chi connectivity index (χ3v) is 10.8. The number of fused-ring (bicyclic) bond motifs is 2. The lowest BCUT2D eigenvalue weighted by molar-refractivity contribution is 0.175. The SMILES string of the molecule is CC(C)(C)[S@+]([O-])N[C@@H]1c2cccnc2CC12CCN(c1ncc(Sc3ccnc(N)c3Cl)c3nccn13)CC2. The number of nitrogen functional groups attached to an aromatic ring is 1. The molecule has 5 heterocycles. The van der Waals surface area contributed by atoms with Crippen molar-refractivity contribution in [2.24, 2.45) is 5.41 Å². The number of nitrogens with two attached hydrogens (primary N) is 1. The van der Waals surface area contributed by atoms with Gasteiger partial charge in [0.15, 0.2) is 5.65 Å². The van der Waals surface area contributed by atoms with Crippen LogP contribution in [0, 0.1) is 5.41 Å². The summed E-state index contributed by atoms with van der Waals surface area (Å²) in [6.07, 6.45) is 11.8. The summed E-state index contributed by atoms with van der Waals surface area (Å²) in [6.45, 7) is 7.67. The van der Waals surface area contributed by atoms with Crippen LogP contribution in [0.4, 0.5) is 11.8 Å². The summed E-state index contributed by atoms with van der Waals surface area (Å²) in [7, 11) is 0. The Hall–Kier alpha value is -2.57. The molecule has 2 atom stereocenters. The first-order valence-corrected chi connectivity index (χ1v) is 15.3. The Morgan fingerprint density at radius 1 is 1.10 bits per heavy atom. The fourth-order valence-electron chi connectivity index (χ4n) is 5.54. The first-order chi connectivity index (χ1) is 18.7. The molecule has 3 N–H and O–H groups in total. The molecule has 0 unspecified atom stereocenters. The third kappa shape index (κ3) is 4.84. The van der Waals surface area contributed by atoms with Crippen molar-refractivity contribution in [1.82, 2.24) is 29.1 Å². The van der Waals surface area contributed by atoms with Gasteiger partial charge < -0.3 is 15.2 Å². The van der Waals surface area contributed by atoms with Gasteiger partial charge in [0.05, 0.1) is 16.0 Å². The quantitative estimate of drug-likeness (QED) is 0.318. The molecule has 1 saturated heterocycles. The van der Waals surface area contributed by atoms with Gasteiger partial charge in [-0.15, -0.1) is 4.72 Å². The van der Waals surface area contributed by atoms with Gasteiger partial charge >= 0.3 is 0 Å². The normalized spacial score (nSPS) is 19.5. The Kier molecular flexibility index (Phi) is 6.91. The van der Waals surface area contributed by atoms with Crippen LogP contribution in [0.2, 0.25) is 5.02 Å². The van der Waals surface area contributed by atoms with Crippen molar-refractivity contribution in [1.29, 1.82) is 0 Å². The van der Waals surface area contributed by atoms with Crippen LogP contribution in [0.15, 0.2) is 59.0 Å². The van der Waals surface area contributed by atoms with Crippen molar-refractivity contribution < 1.29 is 4.55 Å². The highest BCUT2D eigenvalue weighted by molar-refractivity contribution is 7.99. The minimum absolute atomic E-state index is 0.000884. The van der Waals surface area contributed by atoms with Gasteiger partial charge in [-0.25, -0.2) is 15.0 Å². The van der Waals surface area contributed by atoms with Gasteiger partial charge in [0.1, 0.15) is 10.6 Å². The number of rotatable bonds is 5. The predicted octanol–water partition coefficient (Wildman–Crippen LogP) is 4.84. The van der Waals surface area contributed by atoms with Crippen LogP contribution in [-0.4, -0.2) is 46.7 Å². The molecule has 4 aromatic rings. The molecular formula is C27H31ClN8OS2. The highest BCUT2D eigenvalue weighted by atomic mass is 35.5. The number of hydrogen-bond donors (Lipinski definition) is 2. The summed E-state index contributed by atoms with van der Waals surface area (Å²) >= 11 is 6.68. The lowest BCUT2D eigenvalue weighted by atomic mass is 9.73. The van der Waals surface area contributed by atoms with E-state index >= 15 is 0 Å². The van der Waals surface area contributed by atoms with Crippen LogP contribution in [0.3, 0.4) is 0 Å². The van der Waals surface area contributed by atoms with E-state index in [2.05, 4.69) is 25.7 Å². The summed E-state index contributed by atoms with van der Waals surface area (Å²) < 4.78 is 18.4. The second-order valence-electron chi connectivity index (χ2n) is 11.2. The van der Waals surface area contributed by atoms with Crippen LogP contribution in [0.5, 0.6) is 0 Å². The average Bonchev–Trinajstić information content (AvgIpc) is 3.51. The molecule has 12 heteroatoms. The zero-order valence-corrected chi connectivity index (χ0v) is 24.5. The van der Waals surface area contributed by atoms with Gasteiger partial charge in [0, 0.05) is 71.4 Å². The number of hydrogen-bond acceptors (Lipinski definition) is 9. The van der Waals surface area contributed by atoms with E-state index in [1.807, 2.05) is 55.9 Å². The van der Waals surface area contributed by atoms with Crippen molar-refractivity contribution in [2.75, 3.05) is 23.7 Å². The summed E-state index contributed by atoms with van der Waals surface area (Å²) in [5.41, 5.74) is 8.96. The zero-order chi connectivity index (χ0) is 27.4. The lowest BCUT2D eigenvalue weighted by Gasteiger charge is -2.44. The number of nitrogens with zero attached hydrogens (tertiary/aromatic N) is 6. The zero-order valence-electron chi connectivity index (χ0n) is 22.1. The van der Waals surface area contributed by atoms with Crippen molar-refractivity contribution in [3.05, 3.63) is 65.5 Å². The van der Waals surface area contributed by atoms with Crippen LogP contribution in [0.25, 0.3) is 5.65 Å². The molecule has 0 aromatic carbocycles. The molecule has 4 aromatic heterocycles. The first kappa shape index (κ1) is 26.6. The molecular weight excluding hydrogens is 552 g/mol. The topological polar surface area (TPSA) is 120 Å². The standard InChI is InChI=1S/C27H31ClN8OS2/c1-26(2,3)39(37)34-22-17-5-4-9-30-18(17)15-27(22)7-12-35(13-8-27)25-33-16-20(24-32-11-14-36(24)25)38-19-6-10-31-23(29)21(19)28/h4-6,9-11,14,16,22,34H,7-8,12-13,15H2,1-3H3,(H2,29,31)/t22-,39+/m1/s1. The molecule has 0 amide bonds. The van der Waals surface area contributed by atoms with Crippen LogP contribution >= 0.6 is 23.4 Å². The summed E-state index contributed by atoms with van der Waals surface area (Å²) in [6, 6.07) is 5.96. The molecule has 1 aliphatic heterocycles. The minimum atomic E-state index is -1.18. The molecule has 0 radical (unpaired) electrons. The summed E-state index contributed by atoms with van der Waals surface area (Å²) in [4.78, 5) is 22.2. The molecule has 0 bridgehead atoms. The van der Waals surface area contributed by atoms with Crippen molar-refractivity contribution in [3.63, 3.8) is 0 Å². The molecule has 204 valence electrons. The third-order valence-electron chi connectivity index (χ3n) is 7.67. The van der Waals surface area contributed by atoms with Crippen molar-refractivity contribution in [3.8, 4) is 0 Å². The number of pyridine rings is 2. The maximum Gasteiger partial charge on any atom is 0.211 e. The average molecular weight is 583 g/mol. The van der Waals surface area contributed by atoms with Crippen molar-refractivity contribution >= 4 is 52.1 Å². The van der Waals surface area contributed by atoms with E-state index in [0.717, 1.165) is 59.4 Å². The summed E-state index contributed by atoms with van der Waals surface area (Å²) in [5, 5.41) is 0.431. The van der Waals surface area contributed by atoms with Crippen molar-refractivity contribution in [2.45, 2.75) is 60.6 Å². The Bertz CT molecular complexity index is 1520. The van der Waals surface area contributed by atoms with E-state index in [-0.39, 0.29) is 16.2 Å². The Morgan fingerprint density at radius 3 is 2.67 bits per heavy atom. The number of piperidine rings is 1. The fourth-order valence-corrected chi connectivity index (χ4v) is 7.62. The predicted molar refractivity (Wildman–Crippen MR) is 156 cm³/mol. The number of nitrogens with one attached hydrogen (secondary N) is 1. The molecule has 0 saturated carbocycles. The van der Waals surface area contributed by atoms with Gasteiger partial charge in [0.25, 0.3) is 0 Å². The van der Waals surface area contributed by atoms with Crippen LogP contribution in [-0.2, 0) is 17.8 Å². The lowest BCUT2D eigenvalue weighted by Crippen LogP contribution is -2.50. The number of imidazole rings is 1.